The molecule has 1 heterocycles. The van der Waals surface area contributed by atoms with Crippen LogP contribution in [0.3, 0.4) is 0 Å². The first-order valence-corrected chi connectivity index (χ1v) is 10.4. The van der Waals surface area contributed by atoms with Crippen LogP contribution in [0.2, 0.25) is 5.02 Å². The molecule has 0 unspecified atom stereocenters. The molecule has 11 heteroatoms. The van der Waals surface area contributed by atoms with Crippen LogP contribution in [0.1, 0.15) is 5.56 Å². The van der Waals surface area contributed by atoms with E-state index in [1.807, 2.05) is 13.0 Å². The van der Waals surface area contributed by atoms with Gasteiger partial charge in [-0.25, -0.2) is 4.68 Å². The Hall–Kier alpha value is -3.11. The van der Waals surface area contributed by atoms with E-state index in [0.29, 0.717) is 44.5 Å². The summed E-state index contributed by atoms with van der Waals surface area (Å²) in [6, 6.07) is 8.75. The van der Waals surface area contributed by atoms with Crippen LogP contribution >= 0.6 is 23.4 Å². The number of aromatic nitrogens is 3. The SMILES string of the molecule is COc1cc(-c2nnc(SCC(=O)Nc3cc(Cl)ccc3C)n2N)cc(OC)c1OC. The van der Waals surface area contributed by atoms with E-state index in [2.05, 4.69) is 15.5 Å². The summed E-state index contributed by atoms with van der Waals surface area (Å²) >= 11 is 7.16. The fourth-order valence-electron chi connectivity index (χ4n) is 2.83. The molecule has 0 radical (unpaired) electrons. The average molecular weight is 464 g/mol. The van der Waals surface area contributed by atoms with Crippen molar-refractivity contribution in [1.82, 2.24) is 14.9 Å². The van der Waals surface area contributed by atoms with E-state index in [1.165, 1.54) is 26.0 Å². The lowest BCUT2D eigenvalue weighted by atomic mass is 10.1. The zero-order valence-corrected chi connectivity index (χ0v) is 19.0. The lowest BCUT2D eigenvalue weighted by Crippen LogP contribution is -2.17. The predicted molar refractivity (Wildman–Crippen MR) is 121 cm³/mol. The van der Waals surface area contributed by atoms with Gasteiger partial charge in [0.15, 0.2) is 17.3 Å². The van der Waals surface area contributed by atoms with Gasteiger partial charge in [-0.2, -0.15) is 0 Å². The fourth-order valence-corrected chi connectivity index (χ4v) is 3.66. The number of amides is 1. The number of hydrogen-bond acceptors (Lipinski definition) is 8. The van der Waals surface area contributed by atoms with Crippen LogP contribution < -0.4 is 25.4 Å². The van der Waals surface area contributed by atoms with Gasteiger partial charge >= 0.3 is 0 Å². The molecule has 0 fully saturated rings. The van der Waals surface area contributed by atoms with Gasteiger partial charge in [-0.15, -0.1) is 10.2 Å². The number of hydrogen-bond donors (Lipinski definition) is 2. The number of halogens is 1. The molecule has 1 amide bonds. The summed E-state index contributed by atoms with van der Waals surface area (Å²) in [6.45, 7) is 1.89. The highest BCUT2D eigenvalue weighted by Crippen LogP contribution is 2.40. The highest BCUT2D eigenvalue weighted by molar-refractivity contribution is 7.99. The molecule has 0 bridgehead atoms. The lowest BCUT2D eigenvalue weighted by Gasteiger charge is -2.13. The number of benzene rings is 2. The molecule has 1 aromatic heterocycles. The maximum absolute atomic E-state index is 12.4. The first-order valence-electron chi connectivity index (χ1n) is 9.07. The Morgan fingerprint density at radius 1 is 1.13 bits per heavy atom. The molecular formula is C20H22ClN5O4S. The molecule has 0 atom stereocenters. The molecule has 164 valence electrons. The van der Waals surface area contributed by atoms with E-state index in [4.69, 9.17) is 31.7 Å². The number of aryl methyl sites for hydroxylation is 1. The maximum Gasteiger partial charge on any atom is 0.234 e. The summed E-state index contributed by atoms with van der Waals surface area (Å²) in [7, 11) is 4.57. The topological polar surface area (TPSA) is 114 Å². The number of nitrogens with zero attached hydrogens (tertiary/aromatic N) is 3. The lowest BCUT2D eigenvalue weighted by molar-refractivity contribution is -0.113. The molecule has 0 aliphatic heterocycles. The third kappa shape index (κ3) is 4.97. The summed E-state index contributed by atoms with van der Waals surface area (Å²) in [4.78, 5) is 12.4. The summed E-state index contributed by atoms with van der Waals surface area (Å²) in [5, 5.41) is 12.0. The molecule has 31 heavy (non-hydrogen) atoms. The molecule has 0 aliphatic carbocycles. The average Bonchev–Trinajstić information content (AvgIpc) is 3.13. The Kier molecular flexibility index (Phi) is 7.13. The van der Waals surface area contributed by atoms with Gasteiger partial charge < -0.3 is 25.4 Å². The number of carbonyl (C=O) groups excluding carboxylic acids is 1. The molecule has 3 N–H and O–H groups in total. The van der Waals surface area contributed by atoms with Gasteiger partial charge in [0.25, 0.3) is 0 Å². The Bertz CT molecular complexity index is 1080. The van der Waals surface area contributed by atoms with Gasteiger partial charge in [0.05, 0.1) is 27.1 Å². The number of thioether (sulfide) groups is 1. The van der Waals surface area contributed by atoms with Crippen molar-refractivity contribution >= 4 is 35.0 Å². The number of rotatable bonds is 8. The molecule has 0 saturated heterocycles. The minimum absolute atomic E-state index is 0.0938. The van der Waals surface area contributed by atoms with Crippen molar-refractivity contribution < 1.29 is 19.0 Å². The quantitative estimate of drug-likeness (QED) is 0.386. The van der Waals surface area contributed by atoms with Crippen LogP contribution in [-0.2, 0) is 4.79 Å². The van der Waals surface area contributed by atoms with Crippen molar-refractivity contribution in [2.45, 2.75) is 12.1 Å². The Labute approximate surface area is 188 Å². The predicted octanol–water partition coefficient (Wildman–Crippen LogP) is 3.38. The van der Waals surface area contributed by atoms with E-state index in [9.17, 15) is 4.79 Å². The van der Waals surface area contributed by atoms with E-state index < -0.39 is 0 Å². The first kappa shape index (κ1) is 22.6. The number of carbonyl (C=O) groups is 1. The zero-order valence-electron chi connectivity index (χ0n) is 17.4. The zero-order chi connectivity index (χ0) is 22.5. The van der Waals surface area contributed by atoms with Gasteiger partial charge in [-0.1, -0.05) is 29.4 Å². The van der Waals surface area contributed by atoms with Crippen molar-refractivity contribution in [3.8, 4) is 28.6 Å². The Morgan fingerprint density at radius 2 is 1.81 bits per heavy atom. The van der Waals surface area contributed by atoms with Crippen molar-refractivity contribution in [2.24, 2.45) is 0 Å². The minimum Gasteiger partial charge on any atom is -0.493 e. The number of nitrogens with two attached hydrogens (primary N) is 1. The van der Waals surface area contributed by atoms with Crippen molar-refractivity contribution in [3.05, 3.63) is 40.9 Å². The summed E-state index contributed by atoms with van der Waals surface area (Å²) < 4.78 is 17.4. The molecule has 2 aromatic carbocycles. The third-order valence-electron chi connectivity index (χ3n) is 4.39. The van der Waals surface area contributed by atoms with E-state index in [1.54, 1.807) is 24.3 Å². The number of nitrogen functional groups attached to an aromatic ring is 1. The van der Waals surface area contributed by atoms with Gasteiger partial charge in [-0.05, 0) is 36.8 Å². The number of nitrogens with one attached hydrogen (secondary N) is 1. The monoisotopic (exact) mass is 463 g/mol. The molecule has 3 rings (SSSR count). The molecule has 0 saturated carbocycles. The van der Waals surface area contributed by atoms with Crippen LogP contribution in [0, 0.1) is 6.92 Å². The largest absolute Gasteiger partial charge is 0.493 e. The maximum atomic E-state index is 12.4. The number of ether oxygens (including phenoxy) is 3. The normalized spacial score (nSPS) is 10.6. The fraction of sp³-hybridized carbons (Fsp3) is 0.250. The number of methoxy groups -OCH3 is 3. The number of anilines is 1. The highest BCUT2D eigenvalue weighted by atomic mass is 35.5. The van der Waals surface area contributed by atoms with Gasteiger partial charge in [-0.3, -0.25) is 4.79 Å². The second-order valence-corrected chi connectivity index (χ2v) is 7.77. The van der Waals surface area contributed by atoms with E-state index in [0.717, 1.165) is 17.3 Å². The smallest absolute Gasteiger partial charge is 0.234 e. The minimum atomic E-state index is -0.215. The van der Waals surface area contributed by atoms with E-state index in [-0.39, 0.29) is 11.7 Å². The van der Waals surface area contributed by atoms with Crippen LogP contribution in [-0.4, -0.2) is 47.9 Å². The van der Waals surface area contributed by atoms with Gasteiger partial charge in [0, 0.05) is 16.3 Å². The van der Waals surface area contributed by atoms with Crippen molar-refractivity contribution in [1.29, 1.82) is 0 Å². The second kappa shape index (κ2) is 9.80. The van der Waals surface area contributed by atoms with Crippen LogP contribution in [0.15, 0.2) is 35.5 Å². The molecule has 3 aromatic rings. The summed E-state index contributed by atoms with van der Waals surface area (Å²) in [5.41, 5.74) is 2.19. The van der Waals surface area contributed by atoms with Gasteiger partial charge in [0.1, 0.15) is 0 Å². The van der Waals surface area contributed by atoms with Crippen LogP contribution in [0.4, 0.5) is 5.69 Å². The third-order valence-corrected chi connectivity index (χ3v) is 5.57. The first-order chi connectivity index (χ1) is 14.9. The Balaban J connectivity index is 1.76. The second-order valence-electron chi connectivity index (χ2n) is 6.39. The Morgan fingerprint density at radius 3 is 2.42 bits per heavy atom. The molecule has 0 spiro atoms. The molecular weight excluding hydrogens is 442 g/mol. The van der Waals surface area contributed by atoms with Crippen molar-refractivity contribution in [3.63, 3.8) is 0 Å². The van der Waals surface area contributed by atoms with E-state index >= 15 is 0 Å². The summed E-state index contributed by atoms with van der Waals surface area (Å²) in [5.74, 6) is 7.83. The van der Waals surface area contributed by atoms with Crippen molar-refractivity contribution in [2.75, 3.05) is 38.2 Å². The van der Waals surface area contributed by atoms with Crippen LogP contribution in [0.25, 0.3) is 11.4 Å². The summed E-state index contributed by atoms with van der Waals surface area (Å²) in [6.07, 6.45) is 0. The standard InChI is InChI=1S/C20H22ClN5O4S/c1-11-5-6-13(21)9-14(11)23-17(27)10-31-20-25-24-19(26(20)22)12-7-15(28-2)18(30-4)16(8-12)29-3/h5-9H,10,22H2,1-4H3,(H,23,27). The molecule has 9 nitrogen and oxygen atoms in total. The highest BCUT2D eigenvalue weighted by Gasteiger charge is 2.19. The molecule has 0 aliphatic rings. The van der Waals surface area contributed by atoms with Gasteiger partial charge in [0.2, 0.25) is 16.8 Å². The van der Waals surface area contributed by atoms with Crippen LogP contribution in [0.5, 0.6) is 17.2 Å².